The van der Waals surface area contributed by atoms with Crippen molar-refractivity contribution < 1.29 is 13.2 Å². The number of nitrogens with one attached hydrogen (secondary N) is 1. The Morgan fingerprint density at radius 3 is 2.22 bits per heavy atom. The summed E-state index contributed by atoms with van der Waals surface area (Å²) in [4.78, 5) is 13.1. The van der Waals surface area contributed by atoms with Crippen molar-refractivity contribution in [2.24, 2.45) is 0 Å². The van der Waals surface area contributed by atoms with Gasteiger partial charge in [-0.05, 0) is 43.5 Å². The average Bonchev–Trinajstić information content (AvgIpc) is 3.12. The number of anilines is 1. The molecule has 0 bridgehead atoms. The van der Waals surface area contributed by atoms with E-state index in [1.807, 2.05) is 81.4 Å². The first-order valence-corrected chi connectivity index (χ1v) is 12.1. The zero-order chi connectivity index (χ0) is 22.9. The normalized spacial score (nSPS) is 11.6. The Kier molecular flexibility index (Phi) is 5.89. The lowest BCUT2D eigenvalue weighted by molar-refractivity contribution is -0.116. The van der Waals surface area contributed by atoms with Gasteiger partial charge >= 0.3 is 0 Å². The number of sulfone groups is 1. The largest absolute Gasteiger partial charge is 0.337 e. The van der Waals surface area contributed by atoms with Crippen molar-refractivity contribution in [1.82, 2.24) is 4.57 Å². The molecule has 0 atom stereocenters. The summed E-state index contributed by atoms with van der Waals surface area (Å²) in [5.41, 5.74) is 5.29. The van der Waals surface area contributed by atoms with Crippen molar-refractivity contribution in [3.63, 3.8) is 0 Å². The number of aryl methyl sites for hydroxylation is 3. The fourth-order valence-electron chi connectivity index (χ4n) is 3.92. The van der Waals surface area contributed by atoms with Gasteiger partial charge in [0.2, 0.25) is 5.91 Å². The number of amides is 1. The summed E-state index contributed by atoms with van der Waals surface area (Å²) in [7, 11) is -3.59. The molecule has 1 aromatic heterocycles. The van der Waals surface area contributed by atoms with Crippen LogP contribution in [0.4, 0.5) is 5.69 Å². The number of nitrogens with zero attached hydrogens (tertiary/aromatic N) is 1. The van der Waals surface area contributed by atoms with Crippen LogP contribution in [0.25, 0.3) is 10.9 Å². The van der Waals surface area contributed by atoms with Crippen LogP contribution < -0.4 is 5.32 Å². The molecule has 0 aliphatic rings. The van der Waals surface area contributed by atoms with Gasteiger partial charge in [-0.2, -0.15) is 0 Å². The molecule has 0 saturated heterocycles. The summed E-state index contributed by atoms with van der Waals surface area (Å²) in [5, 5.41) is 3.60. The minimum Gasteiger partial charge on any atom is -0.337 e. The molecule has 1 amide bonds. The summed E-state index contributed by atoms with van der Waals surface area (Å²) in [5.74, 6) is -0.291. The van der Waals surface area contributed by atoms with Gasteiger partial charge in [-0.3, -0.25) is 4.79 Å². The second-order valence-corrected chi connectivity index (χ2v) is 10.2. The molecule has 0 aliphatic carbocycles. The zero-order valence-electron chi connectivity index (χ0n) is 18.4. The van der Waals surface area contributed by atoms with Gasteiger partial charge in [-0.15, -0.1) is 0 Å². The van der Waals surface area contributed by atoms with Gasteiger partial charge in [0.1, 0.15) is 6.54 Å². The summed E-state index contributed by atoms with van der Waals surface area (Å²) >= 11 is 0. The second kappa shape index (κ2) is 8.63. The van der Waals surface area contributed by atoms with Crippen molar-refractivity contribution >= 4 is 32.3 Å². The molecule has 1 N–H and O–H groups in total. The number of carbonyl (C=O) groups is 1. The number of hydrogen-bond acceptors (Lipinski definition) is 3. The monoisotopic (exact) mass is 446 g/mol. The van der Waals surface area contributed by atoms with Crippen LogP contribution >= 0.6 is 0 Å². The van der Waals surface area contributed by atoms with E-state index in [9.17, 15) is 13.2 Å². The Balaban J connectivity index is 1.65. The molecule has 6 heteroatoms. The van der Waals surface area contributed by atoms with Gasteiger partial charge < -0.3 is 9.88 Å². The Morgan fingerprint density at radius 1 is 0.875 bits per heavy atom. The molecule has 32 heavy (non-hydrogen) atoms. The topological polar surface area (TPSA) is 68.2 Å². The highest BCUT2D eigenvalue weighted by molar-refractivity contribution is 7.90. The molecule has 0 radical (unpaired) electrons. The maximum Gasteiger partial charge on any atom is 0.244 e. The van der Waals surface area contributed by atoms with Crippen LogP contribution in [-0.2, 0) is 26.9 Å². The number of carbonyl (C=O) groups excluding carboxylic acids is 1. The third kappa shape index (κ3) is 4.46. The molecule has 4 rings (SSSR count). The number of aromatic nitrogens is 1. The highest BCUT2D eigenvalue weighted by Crippen LogP contribution is 2.28. The molecular weight excluding hydrogens is 420 g/mol. The first-order valence-electron chi connectivity index (χ1n) is 10.5. The lowest BCUT2D eigenvalue weighted by Crippen LogP contribution is -2.19. The van der Waals surface area contributed by atoms with E-state index in [1.165, 1.54) is 0 Å². The fraction of sp³-hybridized carbons (Fsp3) is 0.192. The van der Waals surface area contributed by atoms with Crippen LogP contribution in [0.5, 0.6) is 0 Å². The van der Waals surface area contributed by atoms with E-state index in [1.54, 1.807) is 16.8 Å². The minimum atomic E-state index is -3.59. The van der Waals surface area contributed by atoms with E-state index >= 15 is 0 Å². The maximum absolute atomic E-state index is 13.3. The summed E-state index contributed by atoms with van der Waals surface area (Å²) in [6.07, 6.45) is 1.58. The Bertz CT molecular complexity index is 1380. The molecule has 0 fully saturated rings. The molecule has 0 unspecified atom stereocenters. The maximum atomic E-state index is 13.3. The van der Waals surface area contributed by atoms with E-state index in [0.717, 1.165) is 27.9 Å². The average molecular weight is 447 g/mol. The van der Waals surface area contributed by atoms with E-state index in [4.69, 9.17) is 0 Å². The van der Waals surface area contributed by atoms with Gasteiger partial charge in [0.15, 0.2) is 9.84 Å². The van der Waals surface area contributed by atoms with Crippen LogP contribution in [0.1, 0.15) is 22.3 Å². The highest BCUT2D eigenvalue weighted by Gasteiger charge is 2.22. The molecule has 164 valence electrons. The van der Waals surface area contributed by atoms with E-state index in [-0.39, 0.29) is 23.1 Å². The number of rotatable bonds is 6. The van der Waals surface area contributed by atoms with Crippen LogP contribution in [0, 0.1) is 20.8 Å². The van der Waals surface area contributed by atoms with Crippen LogP contribution in [0.2, 0.25) is 0 Å². The standard InChI is InChI=1S/C26H26N2O3S/c1-18-11-13-21(14-12-18)17-32(30,31)24-15-28(23-10-5-4-9-22(23)24)16-25(29)27-26-19(2)7-6-8-20(26)3/h4-15H,16-17H2,1-3H3,(H,27,29). The van der Waals surface area contributed by atoms with Gasteiger partial charge in [0.05, 0.1) is 10.6 Å². The number of para-hydroxylation sites is 2. The van der Waals surface area contributed by atoms with Crippen molar-refractivity contribution in [2.75, 3.05) is 5.32 Å². The molecule has 4 aromatic rings. The highest BCUT2D eigenvalue weighted by atomic mass is 32.2. The molecule has 0 saturated carbocycles. The Hall–Kier alpha value is -3.38. The quantitative estimate of drug-likeness (QED) is 0.444. The van der Waals surface area contributed by atoms with Crippen LogP contribution in [0.3, 0.4) is 0 Å². The van der Waals surface area contributed by atoms with Crippen molar-refractivity contribution in [1.29, 1.82) is 0 Å². The van der Waals surface area contributed by atoms with E-state index < -0.39 is 9.84 Å². The Labute approximate surface area is 188 Å². The SMILES string of the molecule is Cc1ccc(CS(=O)(=O)c2cn(CC(=O)Nc3c(C)cccc3C)c3ccccc23)cc1. The van der Waals surface area contributed by atoms with E-state index in [2.05, 4.69) is 5.32 Å². The molecule has 0 spiro atoms. The molecular formula is C26H26N2O3S. The molecule has 0 aliphatic heterocycles. The lowest BCUT2D eigenvalue weighted by atomic mass is 10.1. The van der Waals surface area contributed by atoms with Gasteiger partial charge in [-0.1, -0.05) is 66.2 Å². The fourth-order valence-corrected chi connectivity index (χ4v) is 5.50. The third-order valence-electron chi connectivity index (χ3n) is 5.62. The molecule has 5 nitrogen and oxygen atoms in total. The van der Waals surface area contributed by atoms with Crippen LogP contribution in [0.15, 0.2) is 77.8 Å². The van der Waals surface area contributed by atoms with Crippen LogP contribution in [-0.4, -0.2) is 18.9 Å². The van der Waals surface area contributed by atoms with Crippen molar-refractivity contribution in [3.8, 4) is 0 Å². The molecule has 3 aromatic carbocycles. The zero-order valence-corrected chi connectivity index (χ0v) is 19.2. The lowest BCUT2D eigenvalue weighted by Gasteiger charge is -2.12. The van der Waals surface area contributed by atoms with Gasteiger partial charge in [-0.25, -0.2) is 8.42 Å². The third-order valence-corrected chi connectivity index (χ3v) is 7.33. The van der Waals surface area contributed by atoms with Crippen molar-refractivity contribution in [2.45, 2.75) is 38.0 Å². The number of fused-ring (bicyclic) bond motifs is 1. The second-order valence-electron chi connectivity index (χ2n) is 8.20. The van der Waals surface area contributed by atoms with E-state index in [0.29, 0.717) is 10.9 Å². The summed E-state index contributed by atoms with van der Waals surface area (Å²) in [6.45, 7) is 5.89. The summed E-state index contributed by atoms with van der Waals surface area (Å²) < 4.78 is 28.2. The molecule has 1 heterocycles. The smallest absolute Gasteiger partial charge is 0.244 e. The van der Waals surface area contributed by atoms with Gasteiger partial charge in [0, 0.05) is 22.8 Å². The number of hydrogen-bond donors (Lipinski definition) is 1. The first kappa shape index (κ1) is 21.8. The first-order chi connectivity index (χ1) is 15.2. The van der Waals surface area contributed by atoms with Crippen molar-refractivity contribution in [3.05, 3.63) is 95.2 Å². The van der Waals surface area contributed by atoms with Gasteiger partial charge in [0.25, 0.3) is 0 Å². The number of benzene rings is 3. The Morgan fingerprint density at radius 2 is 1.53 bits per heavy atom. The minimum absolute atomic E-state index is 0.0222. The summed E-state index contributed by atoms with van der Waals surface area (Å²) in [6, 6.07) is 20.6. The predicted molar refractivity (Wildman–Crippen MR) is 129 cm³/mol. The predicted octanol–water partition coefficient (Wildman–Crippen LogP) is 5.18.